The molecule has 5 heteroatoms. The van der Waals surface area contributed by atoms with Gasteiger partial charge in [0.2, 0.25) is 0 Å². The molecular formula is C8H11N5. The molecule has 2 aromatic heterocycles. The van der Waals surface area contributed by atoms with Gasteiger partial charge in [0.15, 0.2) is 5.65 Å². The van der Waals surface area contributed by atoms with Gasteiger partial charge in [0.25, 0.3) is 0 Å². The minimum absolute atomic E-state index is 0.828. The summed E-state index contributed by atoms with van der Waals surface area (Å²) >= 11 is 0. The predicted octanol–water partition coefficient (Wildman–Crippen LogP) is 0.646. The molecule has 0 aliphatic carbocycles. The van der Waals surface area contributed by atoms with Gasteiger partial charge in [-0.1, -0.05) is 0 Å². The molecule has 0 amide bonds. The Hall–Kier alpha value is -1.78. The second-order valence-corrected chi connectivity index (χ2v) is 2.62. The predicted molar refractivity (Wildman–Crippen MR) is 52.4 cm³/mol. The molecular weight excluding hydrogens is 166 g/mol. The number of imidazole rings is 1. The summed E-state index contributed by atoms with van der Waals surface area (Å²) in [5.41, 5.74) is 5.65. The van der Waals surface area contributed by atoms with Crippen molar-refractivity contribution in [2.45, 2.75) is 0 Å². The van der Waals surface area contributed by atoms with Gasteiger partial charge in [-0.2, -0.15) is 0 Å². The van der Waals surface area contributed by atoms with Gasteiger partial charge < -0.3 is 10.7 Å². The van der Waals surface area contributed by atoms with Gasteiger partial charge in [-0.3, -0.25) is 0 Å². The topological polar surface area (TPSA) is 54.8 Å². The summed E-state index contributed by atoms with van der Waals surface area (Å²) in [4.78, 5) is 8.45. The van der Waals surface area contributed by atoms with Crippen LogP contribution in [0.5, 0.6) is 0 Å². The molecule has 2 aromatic rings. The van der Waals surface area contributed by atoms with E-state index >= 15 is 0 Å². The molecule has 0 saturated heterocycles. The zero-order valence-electron chi connectivity index (χ0n) is 7.57. The van der Waals surface area contributed by atoms with Crippen molar-refractivity contribution in [3.63, 3.8) is 0 Å². The number of hydrogen-bond acceptors (Lipinski definition) is 4. The van der Waals surface area contributed by atoms with Crippen LogP contribution in [0.1, 0.15) is 0 Å². The molecule has 0 aliphatic rings. The highest BCUT2D eigenvalue weighted by Crippen LogP contribution is 2.17. The third kappa shape index (κ3) is 1.09. The van der Waals surface area contributed by atoms with Crippen molar-refractivity contribution in [3.05, 3.63) is 18.6 Å². The molecule has 5 nitrogen and oxygen atoms in total. The summed E-state index contributed by atoms with van der Waals surface area (Å²) in [5.74, 6) is 0. The van der Waals surface area contributed by atoms with Crippen LogP contribution in [0.3, 0.4) is 0 Å². The molecule has 0 spiro atoms. The maximum atomic E-state index is 4.24. The smallest absolute Gasteiger partial charge is 0.180 e. The quantitative estimate of drug-likeness (QED) is 0.707. The minimum atomic E-state index is 0.828. The molecule has 0 bridgehead atoms. The number of nitrogens with zero attached hydrogens (tertiary/aromatic N) is 3. The number of pyridine rings is 1. The number of nitrogens with one attached hydrogen (secondary N) is 2. The molecule has 0 radical (unpaired) electrons. The van der Waals surface area contributed by atoms with E-state index in [2.05, 4.69) is 20.7 Å². The fourth-order valence-corrected chi connectivity index (χ4v) is 1.28. The second kappa shape index (κ2) is 2.93. The SMILES string of the molecule is CNc1ccnc2c1ncn2NC. The summed E-state index contributed by atoms with van der Waals surface area (Å²) in [6, 6.07) is 1.90. The van der Waals surface area contributed by atoms with Gasteiger partial charge in [-0.25, -0.2) is 14.6 Å². The van der Waals surface area contributed by atoms with Crippen LogP contribution in [0.4, 0.5) is 5.69 Å². The maximum absolute atomic E-state index is 4.24. The second-order valence-electron chi connectivity index (χ2n) is 2.62. The Kier molecular flexibility index (Phi) is 1.77. The van der Waals surface area contributed by atoms with Crippen LogP contribution < -0.4 is 10.7 Å². The number of fused-ring (bicyclic) bond motifs is 1. The van der Waals surface area contributed by atoms with E-state index in [-0.39, 0.29) is 0 Å². The first-order valence-electron chi connectivity index (χ1n) is 4.04. The lowest BCUT2D eigenvalue weighted by Gasteiger charge is -2.02. The number of aromatic nitrogens is 3. The molecule has 0 aromatic carbocycles. The highest BCUT2D eigenvalue weighted by Gasteiger charge is 2.05. The van der Waals surface area contributed by atoms with Gasteiger partial charge in [-0.05, 0) is 6.07 Å². The Morgan fingerprint density at radius 3 is 2.85 bits per heavy atom. The lowest BCUT2D eigenvalue weighted by Crippen LogP contribution is -2.07. The normalized spacial score (nSPS) is 10.3. The molecule has 68 valence electrons. The fraction of sp³-hybridized carbons (Fsp3) is 0.250. The van der Waals surface area contributed by atoms with Crippen LogP contribution >= 0.6 is 0 Å². The third-order valence-corrected chi connectivity index (χ3v) is 1.95. The molecule has 0 saturated carbocycles. The fourth-order valence-electron chi connectivity index (χ4n) is 1.28. The first-order chi connectivity index (χ1) is 6.36. The third-order valence-electron chi connectivity index (χ3n) is 1.95. The maximum Gasteiger partial charge on any atom is 0.180 e. The van der Waals surface area contributed by atoms with Crippen LogP contribution in [0.25, 0.3) is 11.2 Å². The highest BCUT2D eigenvalue weighted by atomic mass is 15.4. The van der Waals surface area contributed by atoms with Crippen LogP contribution in [-0.2, 0) is 0 Å². The van der Waals surface area contributed by atoms with Crippen LogP contribution in [0, 0.1) is 0 Å². The van der Waals surface area contributed by atoms with Crippen LogP contribution in [0.15, 0.2) is 18.6 Å². The molecule has 13 heavy (non-hydrogen) atoms. The first-order valence-corrected chi connectivity index (χ1v) is 4.04. The molecule has 2 rings (SSSR count). The van der Waals surface area contributed by atoms with E-state index in [1.165, 1.54) is 0 Å². The largest absolute Gasteiger partial charge is 0.386 e. The van der Waals surface area contributed by atoms with Crippen molar-refractivity contribution in [2.75, 3.05) is 24.8 Å². The summed E-state index contributed by atoms with van der Waals surface area (Å²) < 4.78 is 1.77. The molecule has 2 N–H and O–H groups in total. The molecule has 0 atom stereocenters. The van der Waals surface area contributed by atoms with E-state index in [0.717, 1.165) is 16.9 Å². The summed E-state index contributed by atoms with van der Waals surface area (Å²) in [7, 11) is 3.70. The van der Waals surface area contributed by atoms with Gasteiger partial charge in [0.1, 0.15) is 11.8 Å². The van der Waals surface area contributed by atoms with Crippen LogP contribution in [0.2, 0.25) is 0 Å². The first kappa shape index (κ1) is 7.85. The Bertz CT molecular complexity index is 419. The molecule has 0 fully saturated rings. The lowest BCUT2D eigenvalue weighted by atomic mass is 10.3. The van der Waals surface area contributed by atoms with Crippen molar-refractivity contribution in [2.24, 2.45) is 0 Å². The van der Waals surface area contributed by atoms with E-state index in [4.69, 9.17) is 0 Å². The highest BCUT2D eigenvalue weighted by molar-refractivity contribution is 5.85. The van der Waals surface area contributed by atoms with Crippen molar-refractivity contribution in [1.29, 1.82) is 0 Å². The van der Waals surface area contributed by atoms with E-state index in [9.17, 15) is 0 Å². The molecule has 0 unspecified atom stereocenters. The lowest BCUT2D eigenvalue weighted by molar-refractivity contribution is 0.940. The average molecular weight is 177 g/mol. The van der Waals surface area contributed by atoms with E-state index < -0.39 is 0 Å². The number of anilines is 1. The number of hydrogen-bond donors (Lipinski definition) is 2. The Morgan fingerprint density at radius 1 is 1.31 bits per heavy atom. The standard InChI is InChI=1S/C8H11N5/c1-9-6-3-4-11-8-7(6)12-5-13(8)10-2/h3-5,10H,1-2H3,(H,9,11). The zero-order valence-corrected chi connectivity index (χ0v) is 7.57. The van der Waals surface area contributed by atoms with Gasteiger partial charge in [-0.15, -0.1) is 0 Å². The van der Waals surface area contributed by atoms with Crippen molar-refractivity contribution >= 4 is 16.9 Å². The van der Waals surface area contributed by atoms with Gasteiger partial charge >= 0.3 is 0 Å². The Labute approximate surface area is 75.8 Å². The van der Waals surface area contributed by atoms with Gasteiger partial charge in [0.05, 0.1) is 5.69 Å². The van der Waals surface area contributed by atoms with E-state index in [0.29, 0.717) is 0 Å². The van der Waals surface area contributed by atoms with Crippen molar-refractivity contribution in [1.82, 2.24) is 14.6 Å². The summed E-state index contributed by atoms with van der Waals surface area (Å²) in [6.07, 6.45) is 3.46. The Morgan fingerprint density at radius 2 is 2.15 bits per heavy atom. The van der Waals surface area contributed by atoms with Crippen molar-refractivity contribution < 1.29 is 0 Å². The zero-order chi connectivity index (χ0) is 9.26. The molecule has 0 aliphatic heterocycles. The van der Waals surface area contributed by atoms with Crippen LogP contribution in [-0.4, -0.2) is 28.7 Å². The summed E-state index contributed by atoms with van der Waals surface area (Å²) in [6.45, 7) is 0. The average Bonchev–Trinajstić information content (AvgIpc) is 2.60. The minimum Gasteiger partial charge on any atom is -0.386 e. The Balaban J connectivity index is 2.72. The van der Waals surface area contributed by atoms with E-state index in [1.54, 1.807) is 17.2 Å². The monoisotopic (exact) mass is 177 g/mol. The molecule has 2 heterocycles. The number of rotatable bonds is 2. The summed E-state index contributed by atoms with van der Waals surface area (Å²) in [5, 5.41) is 3.06. The van der Waals surface area contributed by atoms with Crippen molar-refractivity contribution in [3.8, 4) is 0 Å². The van der Waals surface area contributed by atoms with Gasteiger partial charge in [0, 0.05) is 20.3 Å². The van der Waals surface area contributed by atoms with E-state index in [1.807, 2.05) is 20.2 Å².